The Bertz CT molecular complexity index is 769. The fourth-order valence-corrected chi connectivity index (χ4v) is 2.26. The fourth-order valence-electron chi connectivity index (χ4n) is 2.26. The Morgan fingerprint density at radius 3 is 2.59 bits per heavy atom. The molecule has 112 valence electrons. The normalized spacial score (nSPS) is 11.5. The third-order valence-electron chi connectivity index (χ3n) is 3.27. The summed E-state index contributed by atoms with van der Waals surface area (Å²) in [7, 11) is 0. The van der Waals surface area contributed by atoms with E-state index in [4.69, 9.17) is 11.2 Å². The van der Waals surface area contributed by atoms with Crippen molar-refractivity contribution < 1.29 is 9.53 Å². The molecule has 1 heterocycles. The highest BCUT2D eigenvalue weighted by Crippen LogP contribution is 2.10. The molecule has 0 fully saturated rings. The molecule has 0 unspecified atom stereocenters. The molecule has 4 nitrogen and oxygen atoms in total. The van der Waals surface area contributed by atoms with E-state index in [0.717, 1.165) is 5.56 Å². The molecule has 0 aliphatic rings. The summed E-state index contributed by atoms with van der Waals surface area (Å²) in [6, 6.07) is 11.2. The van der Waals surface area contributed by atoms with Crippen LogP contribution < -0.4 is 5.56 Å². The number of aromatic nitrogens is 1. The quantitative estimate of drug-likeness (QED) is 0.696. The molecule has 1 N–H and O–H groups in total. The molecule has 0 saturated carbocycles. The first kappa shape index (κ1) is 15.6. The first-order valence-electron chi connectivity index (χ1n) is 6.93. The largest absolute Gasteiger partial charge is 0.445 e. The molecule has 22 heavy (non-hydrogen) atoms. The van der Waals surface area contributed by atoms with Gasteiger partial charge < -0.3 is 9.72 Å². The number of carbonyl (C=O) groups excluding carboxylic acids is 1. The van der Waals surface area contributed by atoms with Crippen LogP contribution in [0.25, 0.3) is 0 Å². The van der Waals surface area contributed by atoms with E-state index in [-0.39, 0.29) is 5.56 Å². The van der Waals surface area contributed by atoms with Crippen LogP contribution in [0.1, 0.15) is 27.2 Å². The van der Waals surface area contributed by atoms with E-state index in [1.54, 1.807) is 19.9 Å². The smallest absolute Gasteiger partial charge is 0.345 e. The summed E-state index contributed by atoms with van der Waals surface area (Å²) >= 11 is 0. The Hall–Kier alpha value is -2.80. The van der Waals surface area contributed by atoms with Crippen molar-refractivity contribution in [2.75, 3.05) is 0 Å². The predicted octanol–water partition coefficient (Wildman–Crippen LogP) is 2.39. The van der Waals surface area contributed by atoms with Crippen LogP contribution in [0.4, 0.5) is 0 Å². The molecule has 0 aliphatic carbocycles. The zero-order valence-corrected chi connectivity index (χ0v) is 12.6. The molecule has 1 atom stereocenters. The van der Waals surface area contributed by atoms with E-state index in [1.807, 2.05) is 30.3 Å². The number of hydrogen-bond donors (Lipinski definition) is 1. The van der Waals surface area contributed by atoms with Crippen molar-refractivity contribution in [3.05, 3.63) is 69.1 Å². The molecular weight excluding hydrogens is 278 g/mol. The predicted molar refractivity (Wildman–Crippen MR) is 84.7 cm³/mol. The third-order valence-corrected chi connectivity index (χ3v) is 3.27. The minimum atomic E-state index is -0.713. The fraction of sp³-hybridized carbons (Fsp3) is 0.222. The van der Waals surface area contributed by atoms with Gasteiger partial charge in [-0.15, -0.1) is 6.42 Å². The molecule has 0 aliphatic heterocycles. The number of hydrogen-bond acceptors (Lipinski definition) is 3. The van der Waals surface area contributed by atoms with Gasteiger partial charge in [0.05, 0.1) is 0 Å². The summed E-state index contributed by atoms with van der Waals surface area (Å²) in [4.78, 5) is 26.7. The summed E-state index contributed by atoms with van der Waals surface area (Å²) in [5, 5.41) is 0. The van der Waals surface area contributed by atoms with Crippen molar-refractivity contribution in [3.8, 4) is 12.3 Å². The average Bonchev–Trinajstić information content (AvgIpc) is 2.46. The lowest BCUT2D eigenvalue weighted by Crippen LogP contribution is -2.26. The van der Waals surface area contributed by atoms with E-state index in [0.29, 0.717) is 17.7 Å². The van der Waals surface area contributed by atoms with Crippen LogP contribution in [-0.2, 0) is 11.2 Å². The summed E-state index contributed by atoms with van der Waals surface area (Å²) in [5.41, 5.74) is 1.77. The zero-order chi connectivity index (χ0) is 16.1. The molecule has 0 spiro atoms. The summed E-state index contributed by atoms with van der Waals surface area (Å²) in [6.45, 7) is 3.45. The zero-order valence-electron chi connectivity index (χ0n) is 12.6. The molecular formula is C18H17NO3. The first-order valence-corrected chi connectivity index (χ1v) is 6.93. The number of carbonyl (C=O) groups is 1. The Labute approximate surface area is 129 Å². The van der Waals surface area contributed by atoms with Crippen molar-refractivity contribution >= 4 is 5.97 Å². The minimum absolute atomic E-state index is 0.00101. The van der Waals surface area contributed by atoms with Gasteiger partial charge in [-0.25, -0.2) is 4.79 Å². The van der Waals surface area contributed by atoms with Crippen LogP contribution in [0, 0.1) is 26.2 Å². The van der Waals surface area contributed by atoms with Gasteiger partial charge in [-0.05, 0) is 31.0 Å². The van der Waals surface area contributed by atoms with Gasteiger partial charge in [0.1, 0.15) is 5.56 Å². The minimum Gasteiger partial charge on any atom is -0.445 e. The topological polar surface area (TPSA) is 59.2 Å². The van der Waals surface area contributed by atoms with Crippen molar-refractivity contribution in [3.63, 3.8) is 0 Å². The van der Waals surface area contributed by atoms with Crippen LogP contribution in [-0.4, -0.2) is 17.1 Å². The van der Waals surface area contributed by atoms with Crippen LogP contribution in [0.2, 0.25) is 0 Å². The van der Waals surface area contributed by atoms with Crippen molar-refractivity contribution in [1.82, 2.24) is 4.98 Å². The molecule has 0 saturated heterocycles. The van der Waals surface area contributed by atoms with Gasteiger partial charge in [-0.2, -0.15) is 0 Å². The van der Waals surface area contributed by atoms with Gasteiger partial charge in [0, 0.05) is 12.1 Å². The number of aryl methyl sites for hydroxylation is 2. The number of ether oxygens (including phenoxy) is 1. The molecule has 0 amide bonds. The SMILES string of the molecule is C#C[C@H](Cc1ccccc1)OC(=O)c1c(C)cc(C)[nH]c1=O. The molecule has 1 aromatic heterocycles. The maximum absolute atomic E-state index is 12.2. The lowest BCUT2D eigenvalue weighted by molar-refractivity contribution is 0.0408. The summed E-state index contributed by atoms with van der Waals surface area (Å²) in [5.74, 6) is 1.75. The van der Waals surface area contributed by atoms with E-state index in [2.05, 4.69) is 10.9 Å². The van der Waals surface area contributed by atoms with Crippen LogP contribution in [0.3, 0.4) is 0 Å². The molecule has 0 bridgehead atoms. The maximum atomic E-state index is 12.2. The van der Waals surface area contributed by atoms with Crippen molar-refractivity contribution in [2.24, 2.45) is 0 Å². The Morgan fingerprint density at radius 2 is 2.00 bits per heavy atom. The monoisotopic (exact) mass is 295 g/mol. The van der Waals surface area contributed by atoms with Gasteiger partial charge in [-0.1, -0.05) is 36.3 Å². The third kappa shape index (κ3) is 3.64. The van der Waals surface area contributed by atoms with Gasteiger partial charge in [-0.3, -0.25) is 4.79 Å². The number of H-pyrrole nitrogens is 1. The Morgan fingerprint density at radius 1 is 1.32 bits per heavy atom. The number of aromatic amines is 1. The second-order valence-electron chi connectivity index (χ2n) is 5.09. The number of esters is 1. The van der Waals surface area contributed by atoms with Crippen LogP contribution >= 0.6 is 0 Å². The average molecular weight is 295 g/mol. The lowest BCUT2D eigenvalue weighted by atomic mass is 10.1. The van der Waals surface area contributed by atoms with E-state index >= 15 is 0 Å². The molecule has 0 radical (unpaired) electrons. The maximum Gasteiger partial charge on any atom is 0.345 e. The van der Waals surface area contributed by atoms with E-state index in [9.17, 15) is 9.59 Å². The van der Waals surface area contributed by atoms with E-state index < -0.39 is 17.6 Å². The summed E-state index contributed by atoms with van der Waals surface area (Å²) in [6.07, 6.45) is 5.13. The Balaban J connectivity index is 2.17. The summed E-state index contributed by atoms with van der Waals surface area (Å²) < 4.78 is 5.30. The van der Waals surface area contributed by atoms with E-state index in [1.165, 1.54) is 0 Å². The first-order chi connectivity index (χ1) is 10.5. The number of benzene rings is 1. The highest BCUT2D eigenvalue weighted by atomic mass is 16.5. The van der Waals surface area contributed by atoms with Gasteiger partial charge >= 0.3 is 5.97 Å². The van der Waals surface area contributed by atoms with Crippen molar-refractivity contribution in [1.29, 1.82) is 0 Å². The number of terminal acetylenes is 1. The van der Waals surface area contributed by atoms with Gasteiger partial charge in [0.15, 0.2) is 6.10 Å². The second kappa shape index (κ2) is 6.77. The highest BCUT2D eigenvalue weighted by Gasteiger charge is 2.19. The number of nitrogens with one attached hydrogen (secondary N) is 1. The van der Waals surface area contributed by atoms with Crippen molar-refractivity contribution in [2.45, 2.75) is 26.4 Å². The Kier molecular flexibility index (Phi) is 4.80. The van der Waals surface area contributed by atoms with Gasteiger partial charge in [0.2, 0.25) is 0 Å². The number of rotatable bonds is 4. The van der Waals surface area contributed by atoms with Crippen LogP contribution in [0.5, 0.6) is 0 Å². The van der Waals surface area contributed by atoms with Crippen LogP contribution in [0.15, 0.2) is 41.2 Å². The molecule has 4 heteroatoms. The molecule has 2 aromatic rings. The lowest BCUT2D eigenvalue weighted by Gasteiger charge is -2.13. The highest BCUT2D eigenvalue weighted by molar-refractivity contribution is 5.90. The van der Waals surface area contributed by atoms with Gasteiger partial charge in [0.25, 0.3) is 5.56 Å². The molecule has 1 aromatic carbocycles. The second-order valence-corrected chi connectivity index (χ2v) is 5.09. The molecule has 2 rings (SSSR count). The standard InChI is InChI=1S/C18H17NO3/c1-4-15(11-14-8-6-5-7-9-14)22-18(21)16-12(2)10-13(3)19-17(16)20/h1,5-10,15H,11H2,2-3H3,(H,19,20)/t15-/m1/s1. The number of pyridine rings is 1.